The lowest BCUT2D eigenvalue weighted by Gasteiger charge is -2.23. The standard InChI is InChI=1S/C11H16N2O/c1-9(13(3)10(2)14)7-11-5-4-6-12-8-11/h4-6,8-9H,7H2,1-3H3. The summed E-state index contributed by atoms with van der Waals surface area (Å²) < 4.78 is 0. The fourth-order valence-electron chi connectivity index (χ4n) is 1.31. The molecule has 76 valence electrons. The fourth-order valence-corrected chi connectivity index (χ4v) is 1.31. The van der Waals surface area contributed by atoms with Gasteiger partial charge >= 0.3 is 0 Å². The van der Waals surface area contributed by atoms with E-state index in [0.29, 0.717) is 0 Å². The third kappa shape index (κ3) is 2.83. The van der Waals surface area contributed by atoms with Crippen LogP contribution < -0.4 is 0 Å². The summed E-state index contributed by atoms with van der Waals surface area (Å²) in [5.41, 5.74) is 1.16. The highest BCUT2D eigenvalue weighted by atomic mass is 16.2. The molecule has 0 aliphatic rings. The summed E-state index contributed by atoms with van der Waals surface area (Å²) >= 11 is 0. The van der Waals surface area contributed by atoms with E-state index < -0.39 is 0 Å². The van der Waals surface area contributed by atoms with Gasteiger partial charge < -0.3 is 4.90 Å². The van der Waals surface area contributed by atoms with Gasteiger partial charge in [0, 0.05) is 32.4 Å². The normalized spacial score (nSPS) is 12.2. The van der Waals surface area contributed by atoms with Crippen molar-refractivity contribution in [1.29, 1.82) is 0 Å². The minimum Gasteiger partial charge on any atom is -0.343 e. The highest BCUT2D eigenvalue weighted by Crippen LogP contribution is 2.05. The number of rotatable bonds is 3. The molecule has 0 radical (unpaired) electrons. The number of carbonyl (C=O) groups is 1. The topological polar surface area (TPSA) is 33.2 Å². The van der Waals surface area contributed by atoms with Gasteiger partial charge in [-0.15, -0.1) is 0 Å². The summed E-state index contributed by atoms with van der Waals surface area (Å²) in [6.07, 6.45) is 4.44. The van der Waals surface area contributed by atoms with Crippen molar-refractivity contribution >= 4 is 5.91 Å². The Morgan fingerprint density at radius 1 is 1.64 bits per heavy atom. The van der Waals surface area contributed by atoms with Gasteiger partial charge in [-0.05, 0) is 25.0 Å². The van der Waals surface area contributed by atoms with E-state index in [2.05, 4.69) is 4.98 Å². The Kier molecular flexibility index (Phi) is 3.63. The maximum absolute atomic E-state index is 11.1. The van der Waals surface area contributed by atoms with E-state index in [1.54, 1.807) is 18.0 Å². The van der Waals surface area contributed by atoms with Gasteiger partial charge in [0.25, 0.3) is 0 Å². The molecule has 3 nitrogen and oxygen atoms in total. The Morgan fingerprint density at radius 3 is 2.86 bits per heavy atom. The van der Waals surface area contributed by atoms with Crippen LogP contribution in [0.1, 0.15) is 19.4 Å². The van der Waals surface area contributed by atoms with E-state index in [0.717, 1.165) is 12.0 Å². The molecule has 1 rings (SSSR count). The highest BCUT2D eigenvalue weighted by molar-refractivity contribution is 5.73. The van der Waals surface area contributed by atoms with Crippen LogP contribution in [0.5, 0.6) is 0 Å². The monoisotopic (exact) mass is 192 g/mol. The van der Waals surface area contributed by atoms with Crippen LogP contribution in [0, 0.1) is 0 Å². The SMILES string of the molecule is CC(=O)N(C)C(C)Cc1cccnc1. The zero-order chi connectivity index (χ0) is 10.6. The van der Waals surface area contributed by atoms with Crippen LogP contribution in [0.2, 0.25) is 0 Å². The number of aromatic nitrogens is 1. The van der Waals surface area contributed by atoms with E-state index >= 15 is 0 Å². The van der Waals surface area contributed by atoms with Crippen molar-refractivity contribution in [3.63, 3.8) is 0 Å². The Labute approximate surface area is 84.8 Å². The molecular weight excluding hydrogens is 176 g/mol. The molecule has 0 bridgehead atoms. The second-order valence-electron chi connectivity index (χ2n) is 3.54. The third-order valence-corrected chi connectivity index (χ3v) is 2.41. The van der Waals surface area contributed by atoms with Crippen molar-refractivity contribution in [2.45, 2.75) is 26.3 Å². The largest absolute Gasteiger partial charge is 0.343 e. The number of pyridine rings is 1. The Bertz CT molecular complexity index is 297. The first kappa shape index (κ1) is 10.7. The zero-order valence-corrected chi connectivity index (χ0v) is 8.90. The van der Waals surface area contributed by atoms with E-state index in [1.807, 2.05) is 32.3 Å². The summed E-state index contributed by atoms with van der Waals surface area (Å²) in [5, 5.41) is 0. The molecule has 0 fully saturated rings. The van der Waals surface area contributed by atoms with Crippen LogP contribution in [0.4, 0.5) is 0 Å². The van der Waals surface area contributed by atoms with Gasteiger partial charge in [0.1, 0.15) is 0 Å². The Morgan fingerprint density at radius 2 is 2.36 bits per heavy atom. The lowest BCUT2D eigenvalue weighted by Crippen LogP contribution is -2.34. The molecule has 1 aromatic rings. The molecule has 1 unspecified atom stereocenters. The molecule has 0 aliphatic carbocycles. The maximum atomic E-state index is 11.1. The molecule has 1 amide bonds. The van der Waals surface area contributed by atoms with Crippen molar-refractivity contribution in [1.82, 2.24) is 9.88 Å². The minimum atomic E-state index is 0.0985. The van der Waals surface area contributed by atoms with E-state index in [-0.39, 0.29) is 11.9 Å². The lowest BCUT2D eigenvalue weighted by atomic mass is 10.1. The van der Waals surface area contributed by atoms with Gasteiger partial charge in [-0.3, -0.25) is 9.78 Å². The smallest absolute Gasteiger partial charge is 0.219 e. The van der Waals surface area contributed by atoms with E-state index in [1.165, 1.54) is 0 Å². The summed E-state index contributed by atoms with van der Waals surface area (Å²) in [7, 11) is 1.82. The van der Waals surface area contributed by atoms with Gasteiger partial charge in [0.15, 0.2) is 0 Å². The van der Waals surface area contributed by atoms with E-state index in [9.17, 15) is 4.79 Å². The van der Waals surface area contributed by atoms with Gasteiger partial charge in [0.05, 0.1) is 0 Å². The van der Waals surface area contributed by atoms with Crippen LogP contribution in [0.15, 0.2) is 24.5 Å². The molecule has 3 heteroatoms. The summed E-state index contributed by atoms with van der Waals surface area (Å²) in [6, 6.07) is 4.16. The van der Waals surface area contributed by atoms with Crippen molar-refractivity contribution in [3.8, 4) is 0 Å². The molecule has 14 heavy (non-hydrogen) atoms. The Balaban J connectivity index is 2.57. The fraction of sp³-hybridized carbons (Fsp3) is 0.455. The number of carbonyl (C=O) groups excluding carboxylic acids is 1. The predicted molar refractivity (Wildman–Crippen MR) is 55.8 cm³/mol. The number of amides is 1. The van der Waals surface area contributed by atoms with Crippen LogP contribution >= 0.6 is 0 Å². The third-order valence-electron chi connectivity index (χ3n) is 2.41. The second-order valence-corrected chi connectivity index (χ2v) is 3.54. The average molecular weight is 192 g/mol. The van der Waals surface area contributed by atoms with Crippen LogP contribution in [-0.4, -0.2) is 28.9 Å². The summed E-state index contributed by atoms with van der Waals surface area (Å²) in [4.78, 5) is 16.9. The molecule has 0 N–H and O–H groups in total. The summed E-state index contributed by atoms with van der Waals surface area (Å²) in [6.45, 7) is 3.62. The average Bonchev–Trinajstić information content (AvgIpc) is 2.18. The lowest BCUT2D eigenvalue weighted by molar-refractivity contribution is -0.129. The number of hydrogen-bond acceptors (Lipinski definition) is 2. The maximum Gasteiger partial charge on any atom is 0.219 e. The first-order chi connectivity index (χ1) is 6.61. The van der Waals surface area contributed by atoms with Gasteiger partial charge in [-0.25, -0.2) is 0 Å². The van der Waals surface area contributed by atoms with Crippen LogP contribution in [0.3, 0.4) is 0 Å². The first-order valence-corrected chi connectivity index (χ1v) is 4.73. The van der Waals surface area contributed by atoms with Crippen molar-refractivity contribution in [3.05, 3.63) is 30.1 Å². The molecule has 1 aromatic heterocycles. The number of hydrogen-bond donors (Lipinski definition) is 0. The van der Waals surface area contributed by atoms with Crippen molar-refractivity contribution < 1.29 is 4.79 Å². The van der Waals surface area contributed by atoms with Crippen LogP contribution in [0.25, 0.3) is 0 Å². The number of nitrogens with zero attached hydrogens (tertiary/aromatic N) is 2. The van der Waals surface area contributed by atoms with Gasteiger partial charge in [0.2, 0.25) is 5.91 Å². The van der Waals surface area contributed by atoms with E-state index in [4.69, 9.17) is 0 Å². The molecular formula is C11H16N2O. The molecule has 0 aromatic carbocycles. The number of likely N-dealkylation sites (N-methyl/N-ethyl adjacent to an activating group) is 1. The predicted octanol–water partition coefficient (Wildman–Crippen LogP) is 1.49. The van der Waals surface area contributed by atoms with Gasteiger partial charge in [-0.2, -0.15) is 0 Å². The van der Waals surface area contributed by atoms with Crippen molar-refractivity contribution in [2.24, 2.45) is 0 Å². The molecule has 0 spiro atoms. The highest BCUT2D eigenvalue weighted by Gasteiger charge is 2.11. The zero-order valence-electron chi connectivity index (χ0n) is 8.90. The molecule has 1 atom stereocenters. The van der Waals surface area contributed by atoms with Crippen molar-refractivity contribution in [2.75, 3.05) is 7.05 Å². The Hall–Kier alpha value is -1.38. The summed E-state index contributed by atoms with van der Waals surface area (Å²) in [5.74, 6) is 0.0985. The molecule has 0 saturated carbocycles. The minimum absolute atomic E-state index is 0.0985. The molecule has 0 aliphatic heterocycles. The van der Waals surface area contributed by atoms with Crippen LogP contribution in [-0.2, 0) is 11.2 Å². The molecule has 0 saturated heterocycles. The first-order valence-electron chi connectivity index (χ1n) is 4.73. The van der Waals surface area contributed by atoms with Gasteiger partial charge in [-0.1, -0.05) is 6.07 Å². The molecule has 1 heterocycles. The second kappa shape index (κ2) is 4.74. The quantitative estimate of drug-likeness (QED) is 0.727.